The molecule has 24 heavy (non-hydrogen) atoms. The van der Waals surface area contributed by atoms with Crippen LogP contribution in [0, 0.1) is 5.92 Å². The number of piperidine rings is 1. The summed E-state index contributed by atoms with van der Waals surface area (Å²) in [6.45, 7) is 1.85. The number of amides is 2. The van der Waals surface area contributed by atoms with Crippen molar-refractivity contribution in [1.29, 1.82) is 0 Å². The maximum atomic E-state index is 12.3. The van der Waals surface area contributed by atoms with Crippen LogP contribution in [-0.2, 0) is 9.59 Å². The lowest BCUT2D eigenvalue weighted by atomic mass is 9.97. The third-order valence-corrected chi connectivity index (χ3v) is 4.09. The van der Waals surface area contributed by atoms with Crippen LogP contribution in [0.15, 0.2) is 24.3 Å². The van der Waals surface area contributed by atoms with E-state index in [1.54, 1.807) is 29.2 Å². The van der Waals surface area contributed by atoms with Crippen molar-refractivity contribution in [2.75, 3.05) is 32.8 Å². The Morgan fingerprint density at radius 1 is 1.38 bits per heavy atom. The molecule has 1 saturated heterocycles. The first-order valence-corrected chi connectivity index (χ1v) is 8.12. The lowest BCUT2D eigenvalue weighted by molar-refractivity contribution is -0.137. The first-order chi connectivity index (χ1) is 11.1. The van der Waals surface area contributed by atoms with Gasteiger partial charge in [0.2, 0.25) is 5.91 Å². The van der Waals surface area contributed by atoms with E-state index in [-0.39, 0.29) is 36.7 Å². The van der Waals surface area contributed by atoms with Gasteiger partial charge in [0, 0.05) is 26.2 Å². The summed E-state index contributed by atoms with van der Waals surface area (Å²) in [6.07, 6.45) is 1.59. The van der Waals surface area contributed by atoms with Crippen LogP contribution in [-0.4, -0.2) is 49.5 Å². The van der Waals surface area contributed by atoms with Crippen molar-refractivity contribution in [3.8, 4) is 5.75 Å². The molecule has 0 saturated carbocycles. The Kier molecular flexibility index (Phi) is 8.89. The molecule has 0 bridgehead atoms. The maximum Gasteiger partial charge on any atom is 0.260 e. The highest BCUT2D eigenvalue weighted by Crippen LogP contribution is 2.23. The lowest BCUT2D eigenvalue weighted by Gasteiger charge is -2.32. The molecule has 2 rings (SSSR count). The maximum absolute atomic E-state index is 12.3. The molecule has 0 radical (unpaired) electrons. The molecule has 1 aliphatic rings. The van der Waals surface area contributed by atoms with Crippen LogP contribution in [0.5, 0.6) is 5.75 Å². The van der Waals surface area contributed by atoms with Gasteiger partial charge in [0.25, 0.3) is 5.91 Å². The van der Waals surface area contributed by atoms with E-state index in [0.29, 0.717) is 37.0 Å². The van der Waals surface area contributed by atoms with E-state index in [9.17, 15) is 9.59 Å². The van der Waals surface area contributed by atoms with Crippen molar-refractivity contribution < 1.29 is 14.3 Å². The quantitative estimate of drug-likeness (QED) is 0.787. The molecule has 0 aromatic heterocycles. The number of hydrogen-bond donors (Lipinski definition) is 2. The van der Waals surface area contributed by atoms with Crippen molar-refractivity contribution in [2.24, 2.45) is 11.7 Å². The van der Waals surface area contributed by atoms with Gasteiger partial charge >= 0.3 is 0 Å². The number of benzene rings is 1. The predicted molar refractivity (Wildman–Crippen MR) is 95.6 cm³/mol. The topological polar surface area (TPSA) is 84.7 Å². The summed E-state index contributed by atoms with van der Waals surface area (Å²) >= 11 is 5.99. The molecule has 134 valence electrons. The third kappa shape index (κ3) is 5.85. The number of likely N-dealkylation sites (tertiary alicyclic amines) is 1. The molecule has 1 aromatic carbocycles. The number of nitrogens with zero attached hydrogens (tertiary/aromatic N) is 1. The normalized spacial score (nSPS) is 16.9. The second-order valence-electron chi connectivity index (χ2n) is 5.48. The van der Waals surface area contributed by atoms with Gasteiger partial charge in [-0.05, 0) is 25.0 Å². The van der Waals surface area contributed by atoms with E-state index >= 15 is 0 Å². The minimum Gasteiger partial charge on any atom is -0.482 e. The zero-order valence-corrected chi connectivity index (χ0v) is 14.9. The molecule has 6 nitrogen and oxygen atoms in total. The van der Waals surface area contributed by atoms with Crippen LogP contribution in [0.1, 0.15) is 12.8 Å². The van der Waals surface area contributed by atoms with E-state index in [1.807, 2.05) is 0 Å². The van der Waals surface area contributed by atoms with Crippen LogP contribution >= 0.6 is 24.0 Å². The van der Waals surface area contributed by atoms with Crippen molar-refractivity contribution in [3.05, 3.63) is 29.3 Å². The van der Waals surface area contributed by atoms with Crippen LogP contribution < -0.4 is 15.8 Å². The van der Waals surface area contributed by atoms with Gasteiger partial charge in [-0.15, -0.1) is 12.4 Å². The van der Waals surface area contributed by atoms with Crippen molar-refractivity contribution in [2.45, 2.75) is 12.8 Å². The Hall–Kier alpha value is -1.50. The summed E-state index contributed by atoms with van der Waals surface area (Å²) in [7, 11) is 0. The van der Waals surface area contributed by atoms with Gasteiger partial charge in [-0.3, -0.25) is 9.59 Å². The van der Waals surface area contributed by atoms with Crippen LogP contribution in [0.2, 0.25) is 5.02 Å². The van der Waals surface area contributed by atoms with Crippen molar-refractivity contribution in [1.82, 2.24) is 10.2 Å². The molecule has 1 heterocycles. The van der Waals surface area contributed by atoms with Crippen LogP contribution in [0.4, 0.5) is 0 Å². The summed E-state index contributed by atoms with van der Waals surface area (Å²) in [5, 5.41) is 3.25. The smallest absolute Gasteiger partial charge is 0.260 e. The highest BCUT2D eigenvalue weighted by Gasteiger charge is 2.28. The Bertz CT molecular complexity index is 557. The molecule has 3 N–H and O–H groups in total. The van der Waals surface area contributed by atoms with E-state index in [0.717, 1.165) is 12.8 Å². The Balaban J connectivity index is 0.00000288. The number of para-hydroxylation sites is 1. The molecule has 0 aliphatic carbocycles. The van der Waals surface area contributed by atoms with Crippen LogP contribution in [0.3, 0.4) is 0 Å². The largest absolute Gasteiger partial charge is 0.482 e. The summed E-state index contributed by atoms with van der Waals surface area (Å²) < 4.78 is 5.47. The van der Waals surface area contributed by atoms with E-state index in [1.165, 1.54) is 0 Å². The molecule has 1 aliphatic heterocycles. The zero-order valence-electron chi connectivity index (χ0n) is 13.4. The molecular formula is C16H23Cl2N3O3. The van der Waals surface area contributed by atoms with E-state index < -0.39 is 0 Å². The predicted octanol–water partition coefficient (Wildman–Crippen LogP) is 1.45. The fourth-order valence-electron chi connectivity index (χ4n) is 2.55. The standard InChI is InChI=1S/C16H22ClN3O3.ClH/c17-13-5-1-2-6-14(13)23-11-15(21)20-9-3-4-12(10-20)16(22)19-8-7-18;/h1-2,5-6,12H,3-4,7-11,18H2,(H,19,22);1H. The number of rotatable bonds is 6. The van der Waals surface area contributed by atoms with E-state index in [4.69, 9.17) is 22.1 Å². The minimum absolute atomic E-state index is 0. The first-order valence-electron chi connectivity index (χ1n) is 7.74. The van der Waals surface area contributed by atoms with Crippen molar-refractivity contribution in [3.63, 3.8) is 0 Å². The minimum atomic E-state index is -0.181. The molecule has 2 amide bonds. The average Bonchev–Trinajstić information content (AvgIpc) is 2.58. The number of hydrogen-bond acceptors (Lipinski definition) is 4. The van der Waals surface area contributed by atoms with Gasteiger partial charge in [0.05, 0.1) is 10.9 Å². The molecule has 0 spiro atoms. The fourth-order valence-corrected chi connectivity index (χ4v) is 2.74. The number of nitrogens with one attached hydrogen (secondary N) is 1. The monoisotopic (exact) mass is 375 g/mol. The number of carbonyl (C=O) groups is 2. The molecule has 8 heteroatoms. The highest BCUT2D eigenvalue weighted by molar-refractivity contribution is 6.32. The summed E-state index contributed by atoms with van der Waals surface area (Å²) in [4.78, 5) is 25.9. The summed E-state index contributed by atoms with van der Waals surface area (Å²) in [6, 6.07) is 7.02. The molecule has 1 aromatic rings. The summed E-state index contributed by atoms with van der Waals surface area (Å²) in [5.74, 6) is 0.123. The van der Waals surface area contributed by atoms with Crippen LogP contribution in [0.25, 0.3) is 0 Å². The van der Waals surface area contributed by atoms with Gasteiger partial charge in [0.15, 0.2) is 6.61 Å². The Labute approximate surface area is 153 Å². The third-order valence-electron chi connectivity index (χ3n) is 3.78. The Morgan fingerprint density at radius 3 is 2.83 bits per heavy atom. The lowest BCUT2D eigenvalue weighted by Crippen LogP contribution is -2.47. The zero-order chi connectivity index (χ0) is 16.7. The average molecular weight is 376 g/mol. The highest BCUT2D eigenvalue weighted by atomic mass is 35.5. The molecule has 1 unspecified atom stereocenters. The van der Waals surface area contributed by atoms with Gasteiger partial charge in [0.1, 0.15) is 5.75 Å². The number of ether oxygens (including phenoxy) is 1. The number of carbonyl (C=O) groups excluding carboxylic acids is 2. The van der Waals surface area contributed by atoms with Gasteiger partial charge in [-0.2, -0.15) is 0 Å². The van der Waals surface area contributed by atoms with Gasteiger partial charge in [-0.1, -0.05) is 23.7 Å². The molecular weight excluding hydrogens is 353 g/mol. The summed E-state index contributed by atoms with van der Waals surface area (Å²) in [5.41, 5.74) is 5.38. The number of halogens is 2. The fraction of sp³-hybridized carbons (Fsp3) is 0.500. The molecule has 1 fully saturated rings. The molecule has 1 atom stereocenters. The second-order valence-corrected chi connectivity index (χ2v) is 5.88. The van der Waals surface area contributed by atoms with E-state index in [2.05, 4.69) is 5.32 Å². The number of nitrogens with two attached hydrogens (primary N) is 1. The first kappa shape index (κ1) is 20.5. The SMILES string of the molecule is Cl.NCCNC(=O)C1CCCN(C(=O)COc2ccccc2Cl)C1. The van der Waals surface area contributed by atoms with Gasteiger partial charge < -0.3 is 20.7 Å². The van der Waals surface area contributed by atoms with Gasteiger partial charge in [-0.25, -0.2) is 0 Å². The Morgan fingerprint density at radius 2 is 2.12 bits per heavy atom. The van der Waals surface area contributed by atoms with Crippen molar-refractivity contribution >= 4 is 35.8 Å². The second kappa shape index (κ2) is 10.4.